The minimum Gasteiger partial charge on any atom is -0.505 e. The molecule has 2 heterocycles. The number of hydrogen-bond acceptors (Lipinski definition) is 2. The zero-order valence-electron chi connectivity index (χ0n) is 9.95. The third-order valence-corrected chi connectivity index (χ3v) is 3.83. The Morgan fingerprint density at radius 3 is 2.47 bits per heavy atom. The van der Waals surface area contributed by atoms with Crippen molar-refractivity contribution in [2.75, 3.05) is 0 Å². The Labute approximate surface area is 118 Å². The van der Waals surface area contributed by atoms with Crippen LogP contribution in [0, 0.1) is 6.92 Å². The molecule has 0 aliphatic rings. The van der Waals surface area contributed by atoms with Crippen molar-refractivity contribution in [1.29, 1.82) is 0 Å². The van der Waals surface area contributed by atoms with E-state index in [2.05, 4.69) is 0 Å². The molecule has 0 atom stereocenters. The van der Waals surface area contributed by atoms with Crippen molar-refractivity contribution in [3.8, 4) is 5.75 Å². The van der Waals surface area contributed by atoms with E-state index >= 15 is 0 Å². The number of nitrogens with zero attached hydrogens (tertiary/aromatic N) is 1. The quantitative estimate of drug-likeness (QED) is 0.641. The van der Waals surface area contributed by atoms with Crippen LogP contribution >= 0.6 is 23.2 Å². The highest BCUT2D eigenvalue weighted by molar-refractivity contribution is 6.39. The Kier molecular flexibility index (Phi) is 2.69. The second kappa shape index (κ2) is 4.15. The number of rotatable bonds is 0. The zero-order chi connectivity index (χ0) is 13.7. The smallest absolute Gasteiger partial charge is 0.278 e. The van der Waals surface area contributed by atoms with Crippen LogP contribution in [0.4, 0.5) is 0 Å². The molecule has 0 radical (unpaired) electrons. The van der Waals surface area contributed by atoms with Gasteiger partial charge in [0.05, 0.1) is 11.0 Å². The molecule has 1 aromatic carbocycles. The molecule has 96 valence electrons. The van der Waals surface area contributed by atoms with Gasteiger partial charge in [0.15, 0.2) is 5.75 Å². The van der Waals surface area contributed by atoms with E-state index in [-0.39, 0.29) is 15.8 Å². The maximum atomic E-state index is 12.2. The molecule has 0 aliphatic carbocycles. The van der Waals surface area contributed by atoms with Crippen LogP contribution in [0.2, 0.25) is 10.0 Å². The molecule has 19 heavy (non-hydrogen) atoms. The molecule has 3 aromatic rings. The van der Waals surface area contributed by atoms with Gasteiger partial charge in [-0.1, -0.05) is 40.9 Å². The first kappa shape index (κ1) is 12.3. The summed E-state index contributed by atoms with van der Waals surface area (Å²) >= 11 is 11.9. The molecule has 5 heteroatoms. The van der Waals surface area contributed by atoms with E-state index in [0.29, 0.717) is 11.0 Å². The van der Waals surface area contributed by atoms with Gasteiger partial charge in [0.2, 0.25) is 0 Å². The highest BCUT2D eigenvalue weighted by Crippen LogP contribution is 2.33. The predicted molar refractivity (Wildman–Crippen MR) is 77.6 cm³/mol. The Bertz CT molecular complexity index is 884. The van der Waals surface area contributed by atoms with Gasteiger partial charge in [0, 0.05) is 0 Å². The number of aromatic hydroxyl groups is 1. The SMILES string of the molecule is Cc1ccc2c(ccc3c(Cl)c(O)c(Cl)c(=O)n32)c1. The average molecular weight is 294 g/mol. The number of hydrogen-bond donors (Lipinski definition) is 1. The van der Waals surface area contributed by atoms with Gasteiger partial charge >= 0.3 is 0 Å². The van der Waals surface area contributed by atoms with E-state index in [9.17, 15) is 9.90 Å². The third kappa shape index (κ3) is 1.70. The lowest BCUT2D eigenvalue weighted by Crippen LogP contribution is -2.15. The first-order valence-electron chi connectivity index (χ1n) is 5.63. The van der Waals surface area contributed by atoms with Crippen LogP contribution in [0.15, 0.2) is 35.1 Å². The fourth-order valence-corrected chi connectivity index (χ4v) is 2.66. The van der Waals surface area contributed by atoms with Gasteiger partial charge in [-0.2, -0.15) is 0 Å². The molecule has 2 aromatic heterocycles. The Morgan fingerprint density at radius 1 is 1.05 bits per heavy atom. The summed E-state index contributed by atoms with van der Waals surface area (Å²) in [7, 11) is 0. The van der Waals surface area contributed by atoms with Gasteiger partial charge in [-0.15, -0.1) is 0 Å². The van der Waals surface area contributed by atoms with Crippen LogP contribution in [0.25, 0.3) is 16.4 Å². The summed E-state index contributed by atoms with van der Waals surface area (Å²) in [5.74, 6) is -0.375. The first-order chi connectivity index (χ1) is 9.00. The number of aryl methyl sites for hydroxylation is 1. The molecule has 0 spiro atoms. The molecule has 0 amide bonds. The van der Waals surface area contributed by atoms with E-state index in [4.69, 9.17) is 23.2 Å². The van der Waals surface area contributed by atoms with Crippen molar-refractivity contribution in [2.45, 2.75) is 6.92 Å². The van der Waals surface area contributed by atoms with Gasteiger partial charge in [0.1, 0.15) is 10.0 Å². The Hall–Kier alpha value is -1.71. The molecule has 0 unspecified atom stereocenters. The van der Waals surface area contributed by atoms with Gasteiger partial charge in [-0.25, -0.2) is 0 Å². The molecular formula is C14H9Cl2NO2. The lowest BCUT2D eigenvalue weighted by molar-refractivity contribution is 0.475. The minimum absolute atomic E-state index is 0.0760. The minimum atomic E-state index is -0.479. The van der Waals surface area contributed by atoms with Gasteiger partial charge in [0.25, 0.3) is 5.56 Å². The summed E-state index contributed by atoms with van der Waals surface area (Å²) in [5, 5.41) is 10.4. The molecule has 0 fully saturated rings. The normalized spacial score (nSPS) is 11.3. The molecule has 0 saturated heterocycles. The summed E-state index contributed by atoms with van der Waals surface area (Å²) in [4.78, 5) is 12.2. The standard InChI is InChI=1S/C14H9Cl2NO2/c1-7-2-4-9-8(6-7)3-5-10-11(15)13(18)12(16)14(19)17(9)10/h2-6,18H,1H3. The maximum absolute atomic E-state index is 12.2. The summed E-state index contributed by atoms with van der Waals surface area (Å²) in [5.41, 5.74) is 1.76. The van der Waals surface area contributed by atoms with Crippen molar-refractivity contribution in [3.05, 3.63) is 56.3 Å². The maximum Gasteiger partial charge on any atom is 0.278 e. The van der Waals surface area contributed by atoms with Crippen molar-refractivity contribution in [1.82, 2.24) is 4.40 Å². The molecule has 0 saturated carbocycles. The predicted octanol–water partition coefficient (Wildman–Crippen LogP) is 3.77. The molecule has 1 N–H and O–H groups in total. The Morgan fingerprint density at radius 2 is 1.74 bits per heavy atom. The van der Waals surface area contributed by atoms with Gasteiger partial charge in [-0.3, -0.25) is 9.20 Å². The van der Waals surface area contributed by atoms with E-state index in [1.165, 1.54) is 4.40 Å². The van der Waals surface area contributed by atoms with Crippen LogP contribution in [-0.2, 0) is 0 Å². The van der Waals surface area contributed by atoms with Crippen LogP contribution in [0.3, 0.4) is 0 Å². The first-order valence-corrected chi connectivity index (χ1v) is 6.38. The van der Waals surface area contributed by atoms with Crippen molar-refractivity contribution < 1.29 is 5.11 Å². The largest absolute Gasteiger partial charge is 0.505 e. The lowest BCUT2D eigenvalue weighted by atomic mass is 10.1. The number of fused-ring (bicyclic) bond motifs is 3. The zero-order valence-corrected chi connectivity index (χ0v) is 11.5. The van der Waals surface area contributed by atoms with E-state index < -0.39 is 5.56 Å². The number of pyridine rings is 2. The third-order valence-electron chi connectivity index (χ3n) is 3.12. The lowest BCUT2D eigenvalue weighted by Gasteiger charge is -2.10. The fraction of sp³-hybridized carbons (Fsp3) is 0.0714. The average Bonchev–Trinajstić information content (AvgIpc) is 2.41. The molecule has 3 rings (SSSR count). The summed E-state index contributed by atoms with van der Waals surface area (Å²) in [6, 6.07) is 9.26. The molecular weight excluding hydrogens is 285 g/mol. The topological polar surface area (TPSA) is 41.7 Å². The highest BCUT2D eigenvalue weighted by Gasteiger charge is 2.15. The second-order valence-electron chi connectivity index (χ2n) is 4.40. The summed E-state index contributed by atoms with van der Waals surface area (Å²) in [6.45, 7) is 1.98. The second-order valence-corrected chi connectivity index (χ2v) is 5.15. The van der Waals surface area contributed by atoms with Crippen LogP contribution < -0.4 is 5.56 Å². The van der Waals surface area contributed by atoms with Crippen LogP contribution in [0.5, 0.6) is 5.75 Å². The van der Waals surface area contributed by atoms with Crippen LogP contribution in [0.1, 0.15) is 5.56 Å². The van der Waals surface area contributed by atoms with Gasteiger partial charge < -0.3 is 5.11 Å². The van der Waals surface area contributed by atoms with Crippen molar-refractivity contribution >= 4 is 39.6 Å². The van der Waals surface area contributed by atoms with Crippen molar-refractivity contribution in [2.24, 2.45) is 0 Å². The number of aromatic nitrogens is 1. The number of benzene rings is 1. The Balaban J connectivity index is 2.67. The van der Waals surface area contributed by atoms with E-state index in [1.54, 1.807) is 6.07 Å². The van der Waals surface area contributed by atoms with Crippen LogP contribution in [-0.4, -0.2) is 9.51 Å². The van der Waals surface area contributed by atoms with Crippen molar-refractivity contribution in [3.63, 3.8) is 0 Å². The van der Waals surface area contributed by atoms with E-state index in [0.717, 1.165) is 10.9 Å². The monoisotopic (exact) mass is 293 g/mol. The fourth-order valence-electron chi connectivity index (χ4n) is 2.19. The molecule has 3 nitrogen and oxygen atoms in total. The van der Waals surface area contributed by atoms with E-state index in [1.807, 2.05) is 31.2 Å². The van der Waals surface area contributed by atoms with Gasteiger partial charge in [-0.05, 0) is 30.5 Å². The molecule has 0 bridgehead atoms. The highest BCUT2D eigenvalue weighted by atomic mass is 35.5. The summed E-state index contributed by atoms with van der Waals surface area (Å²) < 4.78 is 1.42. The number of halogens is 2. The summed E-state index contributed by atoms with van der Waals surface area (Å²) in [6.07, 6.45) is 0. The molecule has 0 aliphatic heterocycles.